The van der Waals surface area contributed by atoms with Crippen LogP contribution in [0.2, 0.25) is 0 Å². The molecule has 1 saturated heterocycles. The first kappa shape index (κ1) is 9.96. The highest BCUT2D eigenvalue weighted by Crippen LogP contribution is 2.05. The summed E-state index contributed by atoms with van der Waals surface area (Å²) in [5, 5.41) is 3.40. The van der Waals surface area contributed by atoms with Crippen LogP contribution in [0, 0.1) is 0 Å². The third-order valence-electron chi connectivity index (χ3n) is 2.12. The molecular weight excluding hydrogens is 154 g/mol. The number of hydrogen-bond acceptors (Lipinski definition) is 3. The lowest BCUT2D eigenvalue weighted by Gasteiger charge is -2.28. The summed E-state index contributed by atoms with van der Waals surface area (Å²) in [6.45, 7) is 7.59. The van der Waals surface area contributed by atoms with E-state index in [0.29, 0.717) is 6.04 Å². The molecule has 72 valence electrons. The monoisotopic (exact) mass is 173 g/mol. The van der Waals surface area contributed by atoms with E-state index in [4.69, 9.17) is 9.47 Å². The lowest BCUT2D eigenvalue weighted by atomic mass is 10.2. The van der Waals surface area contributed by atoms with E-state index in [1.165, 1.54) is 0 Å². The third-order valence-corrected chi connectivity index (χ3v) is 2.12. The highest BCUT2D eigenvalue weighted by Gasteiger charge is 2.20. The maximum atomic E-state index is 5.55. The van der Waals surface area contributed by atoms with Gasteiger partial charge in [0, 0.05) is 6.04 Å². The second-order valence-electron chi connectivity index (χ2n) is 3.23. The van der Waals surface area contributed by atoms with Crippen molar-refractivity contribution in [3.63, 3.8) is 0 Å². The molecule has 0 aromatic carbocycles. The summed E-state index contributed by atoms with van der Waals surface area (Å²) in [6, 6.07) is 0.408. The van der Waals surface area contributed by atoms with Gasteiger partial charge in [0.25, 0.3) is 0 Å². The molecule has 1 aliphatic rings. The van der Waals surface area contributed by atoms with Crippen LogP contribution in [0.5, 0.6) is 0 Å². The van der Waals surface area contributed by atoms with E-state index in [1.807, 2.05) is 0 Å². The fraction of sp³-hybridized carbons (Fsp3) is 1.00. The van der Waals surface area contributed by atoms with Crippen LogP contribution in [0.15, 0.2) is 0 Å². The predicted molar refractivity (Wildman–Crippen MR) is 48.3 cm³/mol. The number of nitrogens with one attached hydrogen (secondary N) is 1. The van der Waals surface area contributed by atoms with Gasteiger partial charge in [-0.3, -0.25) is 0 Å². The fourth-order valence-electron chi connectivity index (χ4n) is 1.30. The van der Waals surface area contributed by atoms with E-state index in [0.717, 1.165) is 32.8 Å². The topological polar surface area (TPSA) is 30.5 Å². The summed E-state index contributed by atoms with van der Waals surface area (Å²) < 4.78 is 10.9. The molecular formula is C9H19NO2. The van der Waals surface area contributed by atoms with Gasteiger partial charge in [0.05, 0.1) is 25.9 Å². The molecule has 12 heavy (non-hydrogen) atoms. The minimum absolute atomic E-state index is 0.241. The van der Waals surface area contributed by atoms with Crippen LogP contribution in [0.3, 0.4) is 0 Å². The quantitative estimate of drug-likeness (QED) is 0.682. The molecule has 0 radical (unpaired) electrons. The molecule has 0 aromatic heterocycles. The molecule has 3 heteroatoms. The van der Waals surface area contributed by atoms with Crippen LogP contribution >= 0.6 is 0 Å². The first-order valence-electron chi connectivity index (χ1n) is 4.77. The summed E-state index contributed by atoms with van der Waals surface area (Å²) in [4.78, 5) is 0. The molecule has 0 saturated carbocycles. The van der Waals surface area contributed by atoms with E-state index in [-0.39, 0.29) is 6.10 Å². The lowest BCUT2D eigenvalue weighted by Crippen LogP contribution is -2.45. The SMILES string of the molecule is CCCNC(C)C1COCCO1. The van der Waals surface area contributed by atoms with E-state index >= 15 is 0 Å². The van der Waals surface area contributed by atoms with Crippen LogP contribution < -0.4 is 5.32 Å². The van der Waals surface area contributed by atoms with Crippen LogP contribution in [0.4, 0.5) is 0 Å². The fourth-order valence-corrected chi connectivity index (χ4v) is 1.30. The molecule has 1 heterocycles. The minimum Gasteiger partial charge on any atom is -0.376 e. The second kappa shape index (κ2) is 5.51. The largest absolute Gasteiger partial charge is 0.376 e. The zero-order valence-electron chi connectivity index (χ0n) is 8.01. The summed E-state index contributed by atoms with van der Waals surface area (Å²) in [5.74, 6) is 0. The predicted octanol–water partition coefficient (Wildman–Crippen LogP) is 0.790. The molecule has 3 nitrogen and oxygen atoms in total. The van der Waals surface area contributed by atoms with Gasteiger partial charge in [-0.1, -0.05) is 6.92 Å². The Balaban J connectivity index is 2.15. The Labute approximate surface area is 74.4 Å². The maximum absolute atomic E-state index is 5.55. The molecule has 0 amide bonds. The van der Waals surface area contributed by atoms with Crippen molar-refractivity contribution in [2.45, 2.75) is 32.4 Å². The zero-order chi connectivity index (χ0) is 8.81. The normalized spacial score (nSPS) is 27.0. The number of rotatable bonds is 4. The van der Waals surface area contributed by atoms with Crippen molar-refractivity contribution in [1.82, 2.24) is 5.32 Å². The summed E-state index contributed by atoms with van der Waals surface area (Å²) in [5.41, 5.74) is 0. The van der Waals surface area contributed by atoms with Gasteiger partial charge >= 0.3 is 0 Å². The number of ether oxygens (including phenoxy) is 2. The summed E-state index contributed by atoms with van der Waals surface area (Å²) >= 11 is 0. The highest BCUT2D eigenvalue weighted by molar-refractivity contribution is 4.73. The second-order valence-corrected chi connectivity index (χ2v) is 3.23. The molecule has 1 aliphatic heterocycles. The van der Waals surface area contributed by atoms with Crippen molar-refractivity contribution in [3.05, 3.63) is 0 Å². The van der Waals surface area contributed by atoms with Gasteiger partial charge in [-0.25, -0.2) is 0 Å². The van der Waals surface area contributed by atoms with Gasteiger partial charge < -0.3 is 14.8 Å². The zero-order valence-corrected chi connectivity index (χ0v) is 8.01. The molecule has 0 bridgehead atoms. The average molecular weight is 173 g/mol. The van der Waals surface area contributed by atoms with Crippen molar-refractivity contribution in [2.24, 2.45) is 0 Å². The molecule has 1 rings (SSSR count). The lowest BCUT2D eigenvalue weighted by molar-refractivity contribution is -0.0989. The van der Waals surface area contributed by atoms with E-state index in [2.05, 4.69) is 19.2 Å². The molecule has 2 unspecified atom stereocenters. The van der Waals surface area contributed by atoms with Crippen molar-refractivity contribution in [2.75, 3.05) is 26.4 Å². The van der Waals surface area contributed by atoms with Gasteiger partial charge in [0.2, 0.25) is 0 Å². The van der Waals surface area contributed by atoms with E-state index in [9.17, 15) is 0 Å². The first-order chi connectivity index (χ1) is 5.84. The van der Waals surface area contributed by atoms with Crippen molar-refractivity contribution in [1.29, 1.82) is 0 Å². The van der Waals surface area contributed by atoms with E-state index < -0.39 is 0 Å². The van der Waals surface area contributed by atoms with E-state index in [1.54, 1.807) is 0 Å². The Morgan fingerprint density at radius 2 is 2.33 bits per heavy atom. The van der Waals surface area contributed by atoms with Crippen LogP contribution in [0.1, 0.15) is 20.3 Å². The Morgan fingerprint density at radius 3 is 2.92 bits per heavy atom. The molecule has 2 atom stereocenters. The number of hydrogen-bond donors (Lipinski definition) is 1. The van der Waals surface area contributed by atoms with Gasteiger partial charge in [-0.2, -0.15) is 0 Å². The van der Waals surface area contributed by atoms with Crippen LogP contribution in [-0.2, 0) is 9.47 Å². The maximum Gasteiger partial charge on any atom is 0.0959 e. The van der Waals surface area contributed by atoms with Crippen LogP contribution in [-0.4, -0.2) is 38.5 Å². The molecule has 0 aromatic rings. The highest BCUT2D eigenvalue weighted by atomic mass is 16.6. The third kappa shape index (κ3) is 3.09. The summed E-state index contributed by atoms with van der Waals surface area (Å²) in [7, 11) is 0. The van der Waals surface area contributed by atoms with Gasteiger partial charge in [0.1, 0.15) is 0 Å². The van der Waals surface area contributed by atoms with Gasteiger partial charge in [-0.05, 0) is 19.9 Å². The smallest absolute Gasteiger partial charge is 0.0959 e. The molecule has 1 N–H and O–H groups in total. The van der Waals surface area contributed by atoms with Gasteiger partial charge in [0.15, 0.2) is 0 Å². The van der Waals surface area contributed by atoms with Crippen molar-refractivity contribution in [3.8, 4) is 0 Å². The molecule has 1 fully saturated rings. The van der Waals surface area contributed by atoms with Gasteiger partial charge in [-0.15, -0.1) is 0 Å². The minimum atomic E-state index is 0.241. The Hall–Kier alpha value is -0.120. The Bertz CT molecular complexity index is 113. The Kier molecular flexibility index (Phi) is 4.58. The molecule has 0 aliphatic carbocycles. The standard InChI is InChI=1S/C9H19NO2/c1-3-4-10-8(2)9-7-11-5-6-12-9/h8-10H,3-7H2,1-2H3. The Morgan fingerprint density at radius 1 is 1.50 bits per heavy atom. The van der Waals surface area contributed by atoms with Crippen LogP contribution in [0.25, 0.3) is 0 Å². The van der Waals surface area contributed by atoms with Crippen molar-refractivity contribution >= 4 is 0 Å². The average Bonchev–Trinajstić information content (AvgIpc) is 2.15. The van der Waals surface area contributed by atoms with Crippen molar-refractivity contribution < 1.29 is 9.47 Å². The molecule has 0 spiro atoms. The summed E-state index contributed by atoms with van der Waals surface area (Å²) in [6.07, 6.45) is 1.41. The first-order valence-corrected chi connectivity index (χ1v) is 4.77.